The van der Waals surface area contributed by atoms with Gasteiger partial charge in [0.05, 0.1) is 19.8 Å². The van der Waals surface area contributed by atoms with Crippen LogP contribution in [0.3, 0.4) is 0 Å². The highest BCUT2D eigenvalue weighted by atomic mass is 16.6. The third-order valence-corrected chi connectivity index (χ3v) is 3.47. The second kappa shape index (κ2) is 5.69. The summed E-state index contributed by atoms with van der Waals surface area (Å²) in [5.41, 5.74) is 3.43. The van der Waals surface area contributed by atoms with Crippen molar-refractivity contribution >= 4 is 11.6 Å². The van der Waals surface area contributed by atoms with Crippen LogP contribution in [-0.2, 0) is 27.2 Å². The van der Waals surface area contributed by atoms with E-state index < -0.39 is 6.10 Å². The average Bonchev–Trinajstić information content (AvgIpc) is 2.48. The van der Waals surface area contributed by atoms with Crippen molar-refractivity contribution in [2.45, 2.75) is 19.1 Å². The van der Waals surface area contributed by atoms with Crippen molar-refractivity contribution < 1.29 is 14.3 Å². The molecule has 2 aliphatic heterocycles. The van der Waals surface area contributed by atoms with Crippen LogP contribution in [0.4, 0.5) is 5.69 Å². The van der Waals surface area contributed by atoms with Crippen LogP contribution in [0.2, 0.25) is 0 Å². The molecule has 0 aromatic heterocycles. The number of rotatable bonds is 2. The van der Waals surface area contributed by atoms with Gasteiger partial charge in [0.15, 0.2) is 6.10 Å². The van der Waals surface area contributed by atoms with Gasteiger partial charge < -0.3 is 20.1 Å². The van der Waals surface area contributed by atoms with E-state index in [9.17, 15) is 4.79 Å². The fourth-order valence-corrected chi connectivity index (χ4v) is 2.42. The van der Waals surface area contributed by atoms with E-state index in [-0.39, 0.29) is 5.91 Å². The van der Waals surface area contributed by atoms with Gasteiger partial charge in [0, 0.05) is 12.2 Å². The first-order chi connectivity index (χ1) is 9.33. The minimum Gasteiger partial charge on any atom is -0.376 e. The number of hydrogen-bond donors (Lipinski definition) is 2. The predicted octanol–water partition coefficient (Wildman–Crippen LogP) is 0.686. The third-order valence-electron chi connectivity index (χ3n) is 3.47. The first kappa shape index (κ1) is 12.6. The van der Waals surface area contributed by atoms with E-state index >= 15 is 0 Å². The van der Waals surface area contributed by atoms with Gasteiger partial charge in [-0.1, -0.05) is 6.07 Å². The van der Waals surface area contributed by atoms with Crippen molar-refractivity contribution in [1.29, 1.82) is 0 Å². The normalized spacial score (nSPS) is 22.6. The van der Waals surface area contributed by atoms with Crippen LogP contribution in [0.25, 0.3) is 0 Å². The summed E-state index contributed by atoms with van der Waals surface area (Å²) >= 11 is 0. The van der Waals surface area contributed by atoms with Gasteiger partial charge in [0.25, 0.3) is 5.91 Å². The Kier molecular flexibility index (Phi) is 3.77. The zero-order valence-electron chi connectivity index (χ0n) is 10.8. The van der Waals surface area contributed by atoms with E-state index in [0.29, 0.717) is 19.8 Å². The highest BCUT2D eigenvalue weighted by Gasteiger charge is 2.22. The molecule has 1 aromatic carbocycles. The van der Waals surface area contributed by atoms with Gasteiger partial charge in [-0.25, -0.2) is 0 Å². The van der Waals surface area contributed by atoms with E-state index in [1.807, 2.05) is 12.1 Å². The molecular formula is C14H18N2O3. The molecule has 2 heterocycles. The van der Waals surface area contributed by atoms with E-state index in [1.165, 1.54) is 11.1 Å². The molecule has 2 aliphatic rings. The highest BCUT2D eigenvalue weighted by molar-refractivity contribution is 5.94. The molecule has 1 amide bonds. The molecule has 1 fully saturated rings. The molecule has 19 heavy (non-hydrogen) atoms. The number of ether oxygens (including phenoxy) is 2. The van der Waals surface area contributed by atoms with Crippen LogP contribution < -0.4 is 10.6 Å². The molecular weight excluding hydrogens is 244 g/mol. The first-order valence-electron chi connectivity index (χ1n) is 6.66. The van der Waals surface area contributed by atoms with Crippen molar-refractivity contribution in [3.8, 4) is 0 Å². The zero-order chi connectivity index (χ0) is 13.1. The lowest BCUT2D eigenvalue weighted by molar-refractivity contribution is -0.142. The Hall–Kier alpha value is -1.43. The van der Waals surface area contributed by atoms with E-state index in [2.05, 4.69) is 16.7 Å². The molecule has 0 spiro atoms. The van der Waals surface area contributed by atoms with Crippen LogP contribution in [0.1, 0.15) is 11.1 Å². The molecule has 5 heteroatoms. The highest BCUT2D eigenvalue weighted by Crippen LogP contribution is 2.19. The molecule has 0 bridgehead atoms. The van der Waals surface area contributed by atoms with Crippen LogP contribution >= 0.6 is 0 Å². The number of fused-ring (bicyclic) bond motifs is 1. The maximum atomic E-state index is 12.0. The van der Waals surface area contributed by atoms with Gasteiger partial charge in [-0.2, -0.15) is 0 Å². The Labute approximate surface area is 112 Å². The third kappa shape index (κ3) is 2.94. The number of amides is 1. The maximum Gasteiger partial charge on any atom is 0.255 e. The minimum atomic E-state index is -0.497. The first-order valence-corrected chi connectivity index (χ1v) is 6.66. The van der Waals surface area contributed by atoms with E-state index in [1.54, 1.807) is 0 Å². The number of anilines is 1. The molecule has 102 valence electrons. The van der Waals surface area contributed by atoms with E-state index in [4.69, 9.17) is 9.47 Å². The molecule has 0 saturated carbocycles. The van der Waals surface area contributed by atoms with Crippen LogP contribution in [0.5, 0.6) is 0 Å². The Morgan fingerprint density at radius 2 is 2.26 bits per heavy atom. The van der Waals surface area contributed by atoms with E-state index in [0.717, 1.165) is 25.2 Å². The lowest BCUT2D eigenvalue weighted by Crippen LogP contribution is -2.39. The molecule has 1 unspecified atom stereocenters. The van der Waals surface area contributed by atoms with Crippen molar-refractivity contribution in [3.63, 3.8) is 0 Å². The maximum absolute atomic E-state index is 12.0. The second-order valence-electron chi connectivity index (χ2n) is 4.83. The van der Waals surface area contributed by atoms with Crippen LogP contribution in [0, 0.1) is 0 Å². The molecule has 3 rings (SSSR count). The number of carbonyl (C=O) groups is 1. The van der Waals surface area contributed by atoms with Crippen molar-refractivity contribution in [2.75, 3.05) is 31.7 Å². The summed E-state index contributed by atoms with van der Waals surface area (Å²) in [6.07, 6.45) is 0.547. The summed E-state index contributed by atoms with van der Waals surface area (Å²) in [6, 6.07) is 6.07. The Morgan fingerprint density at radius 3 is 3.11 bits per heavy atom. The minimum absolute atomic E-state index is 0.136. The topological polar surface area (TPSA) is 59.6 Å². The fourth-order valence-electron chi connectivity index (χ4n) is 2.42. The van der Waals surface area contributed by atoms with Crippen LogP contribution in [0.15, 0.2) is 18.2 Å². The van der Waals surface area contributed by atoms with Gasteiger partial charge in [0.1, 0.15) is 0 Å². The molecule has 1 aromatic rings. The summed E-state index contributed by atoms with van der Waals surface area (Å²) in [6.45, 7) is 3.26. The number of hydrogen-bond acceptors (Lipinski definition) is 4. The zero-order valence-corrected chi connectivity index (χ0v) is 10.8. The Bertz CT molecular complexity index is 470. The summed E-state index contributed by atoms with van der Waals surface area (Å²) in [4.78, 5) is 12.0. The quantitative estimate of drug-likeness (QED) is 0.823. The smallest absolute Gasteiger partial charge is 0.255 e. The summed E-state index contributed by atoms with van der Waals surface area (Å²) < 4.78 is 10.6. The van der Waals surface area contributed by atoms with Gasteiger partial charge in [-0.05, 0) is 36.2 Å². The molecule has 2 N–H and O–H groups in total. The molecule has 1 saturated heterocycles. The molecule has 0 radical (unpaired) electrons. The molecule has 5 nitrogen and oxygen atoms in total. The van der Waals surface area contributed by atoms with Crippen molar-refractivity contribution in [2.24, 2.45) is 0 Å². The van der Waals surface area contributed by atoms with Crippen molar-refractivity contribution in [3.05, 3.63) is 29.3 Å². The second-order valence-corrected chi connectivity index (χ2v) is 4.83. The SMILES string of the molecule is O=C(Nc1ccc2c(c1)CNCC2)C1COCCO1. The van der Waals surface area contributed by atoms with Gasteiger partial charge in [0.2, 0.25) is 0 Å². The van der Waals surface area contributed by atoms with Gasteiger partial charge >= 0.3 is 0 Å². The average molecular weight is 262 g/mol. The standard InChI is InChI=1S/C14H18N2O3/c17-14(13-9-18-5-6-19-13)16-12-2-1-10-3-4-15-8-11(10)7-12/h1-2,7,13,15H,3-6,8-9H2,(H,16,17). The Balaban J connectivity index is 1.67. The monoisotopic (exact) mass is 262 g/mol. The fraction of sp³-hybridized carbons (Fsp3) is 0.500. The summed E-state index contributed by atoms with van der Waals surface area (Å²) in [7, 11) is 0. The van der Waals surface area contributed by atoms with Gasteiger partial charge in [-0.3, -0.25) is 4.79 Å². The predicted molar refractivity (Wildman–Crippen MR) is 71.0 cm³/mol. The Morgan fingerprint density at radius 1 is 1.32 bits per heavy atom. The number of nitrogens with one attached hydrogen (secondary N) is 2. The van der Waals surface area contributed by atoms with Crippen LogP contribution in [-0.4, -0.2) is 38.4 Å². The van der Waals surface area contributed by atoms with Crippen molar-refractivity contribution in [1.82, 2.24) is 5.32 Å². The number of carbonyl (C=O) groups excluding carboxylic acids is 1. The summed E-state index contributed by atoms with van der Waals surface area (Å²) in [5, 5.41) is 6.22. The van der Waals surface area contributed by atoms with Gasteiger partial charge in [-0.15, -0.1) is 0 Å². The number of benzene rings is 1. The molecule has 1 atom stereocenters. The lowest BCUT2D eigenvalue weighted by atomic mass is 10.0. The molecule has 0 aliphatic carbocycles. The largest absolute Gasteiger partial charge is 0.376 e. The summed E-state index contributed by atoms with van der Waals surface area (Å²) in [5.74, 6) is -0.136. The lowest BCUT2D eigenvalue weighted by Gasteiger charge is -2.23.